The van der Waals surface area contributed by atoms with Gasteiger partial charge in [-0.05, 0) is 17.5 Å². The minimum atomic E-state index is 0.344. The summed E-state index contributed by atoms with van der Waals surface area (Å²) in [5, 5.41) is 14.7. The van der Waals surface area contributed by atoms with E-state index in [2.05, 4.69) is 86.5 Å². The molecule has 0 spiro atoms. The third-order valence-electron chi connectivity index (χ3n) is 4.57. The fourth-order valence-electron chi connectivity index (χ4n) is 3.08. The zero-order valence-electron chi connectivity index (χ0n) is 15.8. The van der Waals surface area contributed by atoms with E-state index in [4.69, 9.17) is 0 Å². The molecule has 0 saturated carbocycles. The van der Waals surface area contributed by atoms with Gasteiger partial charge in [-0.2, -0.15) is 0 Å². The first kappa shape index (κ1) is 18.6. The molecule has 3 aromatic rings. The lowest BCUT2D eigenvalue weighted by molar-refractivity contribution is 0.670. The second-order valence-corrected chi connectivity index (χ2v) is 6.37. The molecule has 0 radical (unpaired) electrons. The monoisotopic (exact) mass is 362 g/mol. The number of rotatable bonds is 7. The molecule has 0 aliphatic heterocycles. The largest absolute Gasteiger partial charge is 0.356 e. The number of nitrogens with one attached hydrogen (secondary N) is 2. The minimum Gasteiger partial charge on any atom is -0.356 e. The number of aliphatic imine (C=N–C) groups is 1. The van der Waals surface area contributed by atoms with E-state index in [1.807, 2.05) is 11.6 Å². The topological polar surface area (TPSA) is 67.1 Å². The van der Waals surface area contributed by atoms with Crippen LogP contribution in [-0.4, -0.2) is 34.3 Å². The number of guanidine groups is 1. The predicted octanol–water partition coefficient (Wildman–Crippen LogP) is 2.70. The first-order chi connectivity index (χ1) is 13.3. The molecular formula is C21H26N6. The number of aryl methyl sites for hydroxylation is 1. The number of nitrogens with zero attached hydrogens (tertiary/aromatic N) is 4. The first-order valence-corrected chi connectivity index (χ1v) is 9.15. The Kier molecular flexibility index (Phi) is 6.57. The second-order valence-electron chi connectivity index (χ2n) is 6.37. The van der Waals surface area contributed by atoms with Crippen molar-refractivity contribution in [2.45, 2.75) is 18.9 Å². The van der Waals surface area contributed by atoms with Crippen LogP contribution in [0, 0.1) is 0 Å². The summed E-state index contributed by atoms with van der Waals surface area (Å²) in [4.78, 5) is 4.30. The van der Waals surface area contributed by atoms with Gasteiger partial charge in [-0.25, -0.2) is 0 Å². The first-order valence-electron chi connectivity index (χ1n) is 9.15. The average Bonchev–Trinajstić information content (AvgIpc) is 3.13. The van der Waals surface area contributed by atoms with E-state index in [-0.39, 0.29) is 0 Å². The standard InChI is InChI=1S/C21H26N6/c1-22-21(24-15-20-26-25-16-27(20)2)23-14-13-19(17-9-5-3-6-10-17)18-11-7-4-8-12-18/h3-12,16,19H,13-15H2,1-2H3,(H2,22,23,24). The van der Waals surface area contributed by atoms with Crippen LogP contribution in [0.15, 0.2) is 72.0 Å². The molecule has 2 aromatic carbocycles. The summed E-state index contributed by atoms with van der Waals surface area (Å²) in [6, 6.07) is 21.3. The summed E-state index contributed by atoms with van der Waals surface area (Å²) in [5.41, 5.74) is 2.65. The van der Waals surface area contributed by atoms with Crippen LogP contribution in [0.3, 0.4) is 0 Å². The van der Waals surface area contributed by atoms with Crippen molar-refractivity contribution in [1.82, 2.24) is 25.4 Å². The molecule has 0 aliphatic carbocycles. The van der Waals surface area contributed by atoms with Gasteiger partial charge < -0.3 is 15.2 Å². The molecule has 0 unspecified atom stereocenters. The Morgan fingerprint density at radius 2 is 1.63 bits per heavy atom. The maximum Gasteiger partial charge on any atom is 0.191 e. The highest BCUT2D eigenvalue weighted by atomic mass is 15.3. The summed E-state index contributed by atoms with van der Waals surface area (Å²) in [5.74, 6) is 1.97. The van der Waals surface area contributed by atoms with Gasteiger partial charge in [0.1, 0.15) is 6.33 Å². The van der Waals surface area contributed by atoms with Gasteiger partial charge in [0.25, 0.3) is 0 Å². The molecule has 0 bridgehead atoms. The van der Waals surface area contributed by atoms with Gasteiger partial charge in [-0.1, -0.05) is 60.7 Å². The second kappa shape index (κ2) is 9.52. The summed E-state index contributed by atoms with van der Waals surface area (Å²) < 4.78 is 1.89. The smallest absolute Gasteiger partial charge is 0.191 e. The molecule has 0 aliphatic rings. The molecule has 140 valence electrons. The molecule has 3 rings (SSSR count). The summed E-state index contributed by atoms with van der Waals surface area (Å²) >= 11 is 0. The third kappa shape index (κ3) is 5.17. The number of hydrogen-bond acceptors (Lipinski definition) is 3. The van der Waals surface area contributed by atoms with Gasteiger partial charge in [0, 0.05) is 26.6 Å². The predicted molar refractivity (Wildman–Crippen MR) is 109 cm³/mol. The van der Waals surface area contributed by atoms with E-state index < -0.39 is 0 Å². The van der Waals surface area contributed by atoms with Crippen molar-refractivity contribution in [2.24, 2.45) is 12.0 Å². The van der Waals surface area contributed by atoms with Gasteiger partial charge in [0.15, 0.2) is 11.8 Å². The van der Waals surface area contributed by atoms with Crippen LogP contribution < -0.4 is 10.6 Å². The fourth-order valence-corrected chi connectivity index (χ4v) is 3.08. The number of hydrogen-bond donors (Lipinski definition) is 2. The van der Waals surface area contributed by atoms with Crippen LogP contribution in [-0.2, 0) is 13.6 Å². The quantitative estimate of drug-likeness (QED) is 0.501. The highest BCUT2D eigenvalue weighted by molar-refractivity contribution is 5.79. The number of aromatic nitrogens is 3. The zero-order chi connectivity index (χ0) is 18.9. The normalized spacial score (nSPS) is 11.6. The molecule has 0 saturated heterocycles. The molecular weight excluding hydrogens is 336 g/mol. The molecule has 1 heterocycles. The van der Waals surface area contributed by atoms with Crippen LogP contribution in [0.25, 0.3) is 0 Å². The van der Waals surface area contributed by atoms with E-state index in [1.165, 1.54) is 11.1 Å². The molecule has 0 fully saturated rings. The molecule has 27 heavy (non-hydrogen) atoms. The van der Waals surface area contributed by atoms with Crippen LogP contribution in [0.4, 0.5) is 0 Å². The Bertz CT molecular complexity index is 802. The van der Waals surface area contributed by atoms with Gasteiger partial charge >= 0.3 is 0 Å². The van der Waals surface area contributed by atoms with Crippen molar-refractivity contribution in [2.75, 3.05) is 13.6 Å². The van der Waals surface area contributed by atoms with Crippen LogP contribution in [0.1, 0.15) is 29.3 Å². The van der Waals surface area contributed by atoms with Crippen molar-refractivity contribution in [3.8, 4) is 0 Å². The van der Waals surface area contributed by atoms with Gasteiger partial charge in [-0.15, -0.1) is 10.2 Å². The maximum absolute atomic E-state index is 4.30. The summed E-state index contributed by atoms with van der Waals surface area (Å²) in [6.45, 7) is 1.39. The molecule has 1 aromatic heterocycles. The Balaban J connectivity index is 1.59. The molecule has 0 amide bonds. The lowest BCUT2D eigenvalue weighted by Crippen LogP contribution is -2.38. The van der Waals surface area contributed by atoms with E-state index in [0.29, 0.717) is 12.5 Å². The minimum absolute atomic E-state index is 0.344. The van der Waals surface area contributed by atoms with Gasteiger partial charge in [-0.3, -0.25) is 4.99 Å². The highest BCUT2D eigenvalue weighted by Gasteiger charge is 2.13. The Hall–Kier alpha value is -3.15. The summed E-state index contributed by atoms with van der Waals surface area (Å²) in [6.07, 6.45) is 2.66. The van der Waals surface area contributed by atoms with Crippen molar-refractivity contribution in [3.63, 3.8) is 0 Å². The Morgan fingerprint density at radius 3 is 2.15 bits per heavy atom. The van der Waals surface area contributed by atoms with Crippen LogP contribution in [0.2, 0.25) is 0 Å². The highest BCUT2D eigenvalue weighted by Crippen LogP contribution is 2.27. The average molecular weight is 362 g/mol. The Morgan fingerprint density at radius 1 is 1.00 bits per heavy atom. The van der Waals surface area contributed by atoms with E-state index in [0.717, 1.165) is 24.7 Å². The SMILES string of the molecule is CN=C(NCCC(c1ccccc1)c1ccccc1)NCc1nncn1C. The van der Waals surface area contributed by atoms with Crippen molar-refractivity contribution in [3.05, 3.63) is 83.9 Å². The van der Waals surface area contributed by atoms with E-state index in [1.54, 1.807) is 13.4 Å². The fraction of sp³-hybridized carbons (Fsp3) is 0.286. The van der Waals surface area contributed by atoms with Gasteiger partial charge in [0.05, 0.1) is 6.54 Å². The van der Waals surface area contributed by atoms with Gasteiger partial charge in [0.2, 0.25) is 0 Å². The molecule has 6 heteroatoms. The molecule has 0 atom stereocenters. The lowest BCUT2D eigenvalue weighted by Gasteiger charge is -2.19. The van der Waals surface area contributed by atoms with E-state index >= 15 is 0 Å². The lowest BCUT2D eigenvalue weighted by atomic mass is 9.88. The molecule has 2 N–H and O–H groups in total. The third-order valence-corrected chi connectivity index (χ3v) is 4.57. The van der Waals surface area contributed by atoms with Crippen molar-refractivity contribution >= 4 is 5.96 Å². The van der Waals surface area contributed by atoms with E-state index in [9.17, 15) is 0 Å². The zero-order valence-corrected chi connectivity index (χ0v) is 15.8. The maximum atomic E-state index is 4.30. The summed E-state index contributed by atoms with van der Waals surface area (Å²) in [7, 11) is 3.70. The van der Waals surface area contributed by atoms with Crippen molar-refractivity contribution in [1.29, 1.82) is 0 Å². The Labute approximate surface area is 160 Å². The molecule has 6 nitrogen and oxygen atoms in total. The van der Waals surface area contributed by atoms with Crippen molar-refractivity contribution < 1.29 is 0 Å². The number of benzene rings is 2. The van der Waals surface area contributed by atoms with Crippen LogP contribution in [0.5, 0.6) is 0 Å². The van der Waals surface area contributed by atoms with Crippen LogP contribution >= 0.6 is 0 Å².